The van der Waals surface area contributed by atoms with Crippen LogP contribution >= 0.6 is 11.6 Å². The predicted molar refractivity (Wildman–Crippen MR) is 73.4 cm³/mol. The minimum absolute atomic E-state index is 0.149. The molecule has 0 saturated heterocycles. The van der Waals surface area contributed by atoms with E-state index in [1.54, 1.807) is 25.1 Å². The summed E-state index contributed by atoms with van der Waals surface area (Å²) < 4.78 is 5.37. The van der Waals surface area contributed by atoms with Gasteiger partial charge in [0, 0.05) is 12.1 Å². The van der Waals surface area contributed by atoms with E-state index in [1.807, 2.05) is 6.92 Å². The van der Waals surface area contributed by atoms with E-state index in [2.05, 4.69) is 10.6 Å². The van der Waals surface area contributed by atoms with Crippen LogP contribution in [-0.2, 0) is 9.59 Å². The molecule has 19 heavy (non-hydrogen) atoms. The fraction of sp³-hybridized carbons (Fsp3) is 0.385. The van der Waals surface area contributed by atoms with Crippen LogP contribution in [0.3, 0.4) is 0 Å². The second-order valence-electron chi connectivity index (χ2n) is 4.10. The zero-order valence-electron chi connectivity index (χ0n) is 11.1. The second-order valence-corrected chi connectivity index (χ2v) is 4.54. The lowest BCUT2D eigenvalue weighted by Gasteiger charge is -2.13. The van der Waals surface area contributed by atoms with Gasteiger partial charge in [-0.25, -0.2) is 0 Å². The highest BCUT2D eigenvalue weighted by molar-refractivity contribution is 6.30. The Morgan fingerprint density at radius 2 is 2.11 bits per heavy atom. The number of amides is 2. The van der Waals surface area contributed by atoms with Crippen molar-refractivity contribution in [1.82, 2.24) is 10.6 Å². The number of likely N-dealkylation sites (N-methyl/N-ethyl adjacent to an activating group) is 1. The maximum absolute atomic E-state index is 11.6. The first kappa shape index (κ1) is 15.3. The van der Waals surface area contributed by atoms with Gasteiger partial charge in [0.15, 0.2) is 6.61 Å². The normalized spacial score (nSPS) is 11.6. The van der Waals surface area contributed by atoms with Crippen LogP contribution in [0.1, 0.15) is 12.5 Å². The molecule has 0 spiro atoms. The smallest absolute Gasteiger partial charge is 0.258 e. The van der Waals surface area contributed by atoms with Gasteiger partial charge in [-0.05, 0) is 37.6 Å². The molecule has 0 aliphatic rings. The fourth-order valence-electron chi connectivity index (χ4n) is 1.48. The highest BCUT2D eigenvalue weighted by atomic mass is 35.5. The number of aryl methyl sites for hydroxylation is 1. The molecule has 1 atom stereocenters. The maximum atomic E-state index is 11.6. The molecule has 0 saturated carbocycles. The Bertz CT molecular complexity index is 477. The summed E-state index contributed by atoms with van der Waals surface area (Å²) in [5, 5.41) is 5.59. The second kappa shape index (κ2) is 6.99. The van der Waals surface area contributed by atoms with Gasteiger partial charge in [-0.3, -0.25) is 9.59 Å². The molecular formula is C13H17ClN2O3. The van der Waals surface area contributed by atoms with E-state index in [0.29, 0.717) is 10.8 Å². The van der Waals surface area contributed by atoms with Crippen molar-refractivity contribution in [3.63, 3.8) is 0 Å². The van der Waals surface area contributed by atoms with E-state index < -0.39 is 6.04 Å². The molecule has 2 amide bonds. The summed E-state index contributed by atoms with van der Waals surface area (Å²) >= 11 is 5.82. The average Bonchev–Trinajstić information content (AvgIpc) is 2.36. The number of hydrogen-bond acceptors (Lipinski definition) is 3. The van der Waals surface area contributed by atoms with Crippen LogP contribution in [-0.4, -0.2) is 31.5 Å². The van der Waals surface area contributed by atoms with Crippen molar-refractivity contribution < 1.29 is 14.3 Å². The van der Waals surface area contributed by atoms with Gasteiger partial charge in [0.1, 0.15) is 11.8 Å². The van der Waals surface area contributed by atoms with E-state index in [9.17, 15) is 9.59 Å². The minimum Gasteiger partial charge on any atom is -0.484 e. The quantitative estimate of drug-likeness (QED) is 0.856. The molecule has 5 nitrogen and oxygen atoms in total. The van der Waals surface area contributed by atoms with Crippen molar-refractivity contribution in [2.45, 2.75) is 19.9 Å². The van der Waals surface area contributed by atoms with Crippen molar-refractivity contribution in [2.75, 3.05) is 13.7 Å². The number of nitrogens with one attached hydrogen (secondary N) is 2. The Balaban J connectivity index is 2.48. The molecule has 104 valence electrons. The zero-order chi connectivity index (χ0) is 14.4. The molecule has 0 heterocycles. The van der Waals surface area contributed by atoms with Gasteiger partial charge in [0.2, 0.25) is 5.91 Å². The lowest BCUT2D eigenvalue weighted by Crippen LogP contribution is -2.45. The fourth-order valence-corrected chi connectivity index (χ4v) is 1.71. The molecule has 0 fully saturated rings. The molecule has 6 heteroatoms. The van der Waals surface area contributed by atoms with Crippen LogP contribution in [0.5, 0.6) is 5.75 Å². The van der Waals surface area contributed by atoms with Crippen molar-refractivity contribution in [3.8, 4) is 5.75 Å². The van der Waals surface area contributed by atoms with Crippen LogP contribution < -0.4 is 15.4 Å². The van der Waals surface area contributed by atoms with E-state index in [0.717, 1.165) is 5.56 Å². The monoisotopic (exact) mass is 284 g/mol. The lowest BCUT2D eigenvalue weighted by molar-refractivity contribution is -0.129. The highest BCUT2D eigenvalue weighted by Gasteiger charge is 2.14. The number of halogens is 1. The van der Waals surface area contributed by atoms with E-state index in [-0.39, 0.29) is 18.4 Å². The first-order valence-corrected chi connectivity index (χ1v) is 6.21. The summed E-state index contributed by atoms with van der Waals surface area (Å²) in [6, 6.07) is 4.55. The summed E-state index contributed by atoms with van der Waals surface area (Å²) in [4.78, 5) is 22.8. The molecule has 0 radical (unpaired) electrons. The average molecular weight is 285 g/mol. The van der Waals surface area contributed by atoms with E-state index >= 15 is 0 Å². The van der Waals surface area contributed by atoms with Crippen LogP contribution in [0.2, 0.25) is 5.02 Å². The number of benzene rings is 1. The minimum atomic E-state index is -0.590. The number of carbonyl (C=O) groups is 2. The van der Waals surface area contributed by atoms with Gasteiger partial charge in [-0.1, -0.05) is 11.6 Å². The molecule has 1 rings (SSSR count). The van der Waals surface area contributed by atoms with Gasteiger partial charge >= 0.3 is 0 Å². The maximum Gasteiger partial charge on any atom is 0.258 e. The Morgan fingerprint density at radius 3 is 2.68 bits per heavy atom. The summed E-state index contributed by atoms with van der Waals surface area (Å²) in [7, 11) is 1.51. The first-order chi connectivity index (χ1) is 8.93. The molecule has 0 bridgehead atoms. The number of hydrogen-bond donors (Lipinski definition) is 2. The van der Waals surface area contributed by atoms with Gasteiger partial charge in [0.05, 0.1) is 0 Å². The highest BCUT2D eigenvalue weighted by Crippen LogP contribution is 2.21. The molecule has 0 aliphatic carbocycles. The predicted octanol–water partition coefficient (Wildman–Crippen LogP) is 1.28. The Labute approximate surface area is 117 Å². The van der Waals surface area contributed by atoms with Crippen molar-refractivity contribution in [2.24, 2.45) is 0 Å². The third-order valence-corrected chi connectivity index (χ3v) is 2.75. The topological polar surface area (TPSA) is 67.4 Å². The molecule has 2 N–H and O–H groups in total. The SMILES string of the molecule is CNC(=O)[C@H](C)NC(=O)COc1ccc(Cl)cc1C. The number of rotatable bonds is 5. The standard InChI is InChI=1S/C13H17ClN2O3/c1-8-6-10(14)4-5-11(8)19-7-12(17)16-9(2)13(18)15-3/h4-6,9H,7H2,1-3H3,(H,15,18)(H,16,17)/t9-/m0/s1. The van der Waals surface area contributed by atoms with Gasteiger partial charge < -0.3 is 15.4 Å². The summed E-state index contributed by atoms with van der Waals surface area (Å²) in [5.74, 6) is -0.0198. The van der Waals surface area contributed by atoms with E-state index in [4.69, 9.17) is 16.3 Å². The van der Waals surface area contributed by atoms with E-state index in [1.165, 1.54) is 7.05 Å². The van der Waals surface area contributed by atoms with Crippen molar-refractivity contribution in [3.05, 3.63) is 28.8 Å². The Kier molecular flexibility index (Phi) is 5.63. The van der Waals surface area contributed by atoms with Gasteiger partial charge in [0.25, 0.3) is 5.91 Å². The summed E-state index contributed by atoms with van der Waals surface area (Å²) in [6.45, 7) is 3.29. The van der Waals surface area contributed by atoms with Crippen molar-refractivity contribution in [1.29, 1.82) is 0 Å². The zero-order valence-corrected chi connectivity index (χ0v) is 11.9. The summed E-state index contributed by atoms with van der Waals surface area (Å²) in [5.41, 5.74) is 0.847. The largest absolute Gasteiger partial charge is 0.484 e. The summed E-state index contributed by atoms with van der Waals surface area (Å²) in [6.07, 6.45) is 0. The van der Waals surface area contributed by atoms with Crippen LogP contribution in [0.4, 0.5) is 0 Å². The molecule has 0 unspecified atom stereocenters. The number of carbonyl (C=O) groups excluding carboxylic acids is 2. The molecule has 1 aromatic rings. The molecular weight excluding hydrogens is 268 g/mol. The first-order valence-electron chi connectivity index (χ1n) is 5.84. The van der Waals surface area contributed by atoms with Crippen LogP contribution in [0.15, 0.2) is 18.2 Å². The molecule has 0 aliphatic heterocycles. The molecule has 1 aromatic carbocycles. The third-order valence-electron chi connectivity index (χ3n) is 2.51. The number of ether oxygens (including phenoxy) is 1. The Morgan fingerprint density at radius 1 is 1.42 bits per heavy atom. The van der Waals surface area contributed by atoms with Crippen LogP contribution in [0.25, 0.3) is 0 Å². The van der Waals surface area contributed by atoms with Crippen molar-refractivity contribution >= 4 is 23.4 Å². The lowest BCUT2D eigenvalue weighted by atomic mass is 10.2. The third kappa shape index (κ3) is 4.79. The van der Waals surface area contributed by atoms with Crippen LogP contribution in [0, 0.1) is 6.92 Å². The Hall–Kier alpha value is -1.75. The van der Waals surface area contributed by atoms with Gasteiger partial charge in [-0.2, -0.15) is 0 Å². The molecule has 0 aromatic heterocycles. The van der Waals surface area contributed by atoms with Gasteiger partial charge in [-0.15, -0.1) is 0 Å².